The highest BCUT2D eigenvalue weighted by atomic mass is 35.5. The van der Waals surface area contributed by atoms with Crippen LogP contribution in [0.1, 0.15) is 49.8 Å². The molecular formula is C28H34Cl2N2O2. The predicted molar refractivity (Wildman–Crippen MR) is 139 cm³/mol. The van der Waals surface area contributed by atoms with E-state index in [-0.39, 0.29) is 12.1 Å². The van der Waals surface area contributed by atoms with Gasteiger partial charge >= 0.3 is 0 Å². The summed E-state index contributed by atoms with van der Waals surface area (Å²) >= 11 is 13.3. The Balaban J connectivity index is 1.33. The first-order valence-electron chi connectivity index (χ1n) is 12.5. The molecule has 2 heterocycles. The summed E-state index contributed by atoms with van der Waals surface area (Å²) in [5.41, 5.74) is 4.69. The molecule has 34 heavy (non-hydrogen) atoms. The molecule has 0 aromatic heterocycles. The van der Waals surface area contributed by atoms with Crippen LogP contribution < -0.4 is 4.90 Å². The van der Waals surface area contributed by atoms with Crippen LogP contribution >= 0.6 is 23.2 Å². The van der Waals surface area contributed by atoms with Gasteiger partial charge in [0, 0.05) is 58.8 Å². The van der Waals surface area contributed by atoms with Gasteiger partial charge in [-0.2, -0.15) is 0 Å². The third-order valence-electron chi connectivity index (χ3n) is 7.51. The van der Waals surface area contributed by atoms with Crippen LogP contribution in [-0.2, 0) is 9.57 Å². The molecule has 1 aliphatic carbocycles. The Morgan fingerprint density at radius 3 is 2.38 bits per heavy atom. The van der Waals surface area contributed by atoms with E-state index in [0.717, 1.165) is 37.3 Å². The molecule has 0 N–H and O–H groups in total. The zero-order valence-electron chi connectivity index (χ0n) is 20.3. The molecule has 0 bridgehead atoms. The van der Waals surface area contributed by atoms with Crippen LogP contribution in [0.25, 0.3) is 0 Å². The Bertz CT molecular complexity index is 1030. The molecule has 6 heteroatoms. The maximum atomic E-state index is 6.68. The van der Waals surface area contributed by atoms with Crippen molar-refractivity contribution in [2.24, 2.45) is 11.8 Å². The van der Waals surface area contributed by atoms with E-state index in [2.05, 4.69) is 43.0 Å². The Labute approximate surface area is 213 Å². The van der Waals surface area contributed by atoms with E-state index >= 15 is 0 Å². The number of nitrogens with zero attached hydrogens (tertiary/aromatic N) is 2. The van der Waals surface area contributed by atoms with E-state index in [4.69, 9.17) is 32.8 Å². The molecule has 1 saturated carbocycles. The highest BCUT2D eigenvalue weighted by Gasteiger charge is 2.43. The largest absolute Gasteiger partial charge is 0.409 e. The number of halogens is 2. The molecule has 4 nitrogen and oxygen atoms in total. The number of hydroxylamine groups is 2. The first-order valence-corrected chi connectivity index (χ1v) is 13.2. The summed E-state index contributed by atoms with van der Waals surface area (Å²) in [4.78, 5) is 8.76. The molecule has 3 unspecified atom stereocenters. The lowest BCUT2D eigenvalue weighted by Gasteiger charge is -2.39. The van der Waals surface area contributed by atoms with Gasteiger partial charge in [-0.15, -0.1) is 5.06 Å². The van der Waals surface area contributed by atoms with Crippen molar-refractivity contribution in [2.45, 2.75) is 51.7 Å². The molecule has 3 aliphatic rings. The minimum Gasteiger partial charge on any atom is -0.409 e. The smallest absolute Gasteiger partial charge is 0.131 e. The van der Waals surface area contributed by atoms with Gasteiger partial charge in [-0.05, 0) is 56.9 Å². The summed E-state index contributed by atoms with van der Waals surface area (Å²) in [6.07, 6.45) is 4.68. The highest BCUT2D eigenvalue weighted by Crippen LogP contribution is 2.50. The van der Waals surface area contributed by atoms with Crippen molar-refractivity contribution < 1.29 is 9.57 Å². The number of aryl methyl sites for hydroxylation is 1. The minimum absolute atomic E-state index is 0.121. The second kappa shape index (κ2) is 10.1. The van der Waals surface area contributed by atoms with Gasteiger partial charge in [0.2, 0.25) is 0 Å². The fourth-order valence-electron chi connectivity index (χ4n) is 5.39. The molecule has 0 amide bonds. The summed E-state index contributed by atoms with van der Waals surface area (Å²) in [6.45, 7) is 6.99. The molecule has 2 fully saturated rings. The fourth-order valence-corrected chi connectivity index (χ4v) is 5.99. The van der Waals surface area contributed by atoms with Crippen molar-refractivity contribution >= 4 is 28.9 Å². The maximum absolute atomic E-state index is 6.68. The highest BCUT2D eigenvalue weighted by molar-refractivity contribution is 6.36. The van der Waals surface area contributed by atoms with E-state index in [1.165, 1.54) is 29.7 Å². The number of anilines is 1. The van der Waals surface area contributed by atoms with Gasteiger partial charge < -0.3 is 14.5 Å². The number of likely N-dealkylation sites (N-methyl/N-ethyl adjacent to an activating group) is 1. The van der Waals surface area contributed by atoms with Gasteiger partial charge in [-0.1, -0.05) is 53.9 Å². The van der Waals surface area contributed by atoms with Crippen molar-refractivity contribution in [1.82, 2.24) is 5.06 Å². The van der Waals surface area contributed by atoms with Gasteiger partial charge in [0.15, 0.2) is 0 Å². The number of ether oxygens (including phenoxy) is 1. The van der Waals surface area contributed by atoms with E-state index in [0.29, 0.717) is 28.5 Å². The molecule has 0 radical (unpaired) electrons. The third-order valence-corrected chi connectivity index (χ3v) is 8.17. The summed E-state index contributed by atoms with van der Waals surface area (Å²) in [6, 6.07) is 14.4. The molecule has 182 valence electrons. The molecular weight excluding hydrogens is 467 g/mol. The predicted octanol–water partition coefficient (Wildman–Crippen LogP) is 7.21. The van der Waals surface area contributed by atoms with Crippen molar-refractivity contribution in [1.29, 1.82) is 0 Å². The lowest BCUT2D eigenvalue weighted by atomic mass is 9.91. The van der Waals surface area contributed by atoms with Crippen LogP contribution in [0.15, 0.2) is 53.8 Å². The van der Waals surface area contributed by atoms with Crippen LogP contribution in [0.2, 0.25) is 10.0 Å². The van der Waals surface area contributed by atoms with E-state index in [1.54, 1.807) is 0 Å². The average molecular weight is 501 g/mol. The standard InChI is InChI=1S/C28H34Cl2N2O2/c1-4-19-16-32(21-12-8-18(2)9-13-21)15-14-25(19)33-17-22-27(26-23(29)6-5-7-24(26)30)31(3)34-28(22)20-10-11-20/h5-9,12-13,19-20,25,27H,4,10-11,14-17H2,1-3H3. The third kappa shape index (κ3) is 4.83. The number of hydrogen-bond acceptors (Lipinski definition) is 4. The van der Waals surface area contributed by atoms with E-state index in [9.17, 15) is 0 Å². The summed E-state index contributed by atoms with van der Waals surface area (Å²) < 4.78 is 6.68. The number of allylic oxidation sites excluding steroid dienone is 1. The summed E-state index contributed by atoms with van der Waals surface area (Å²) in [5.74, 6) is 2.04. The van der Waals surface area contributed by atoms with Gasteiger partial charge in [0.1, 0.15) is 11.8 Å². The zero-order valence-corrected chi connectivity index (χ0v) is 21.8. The lowest BCUT2D eigenvalue weighted by Crippen LogP contribution is -2.44. The first-order chi connectivity index (χ1) is 16.5. The monoisotopic (exact) mass is 500 g/mol. The Hall–Kier alpha value is -1.72. The van der Waals surface area contributed by atoms with Gasteiger partial charge in [-0.25, -0.2) is 0 Å². The Kier molecular flexibility index (Phi) is 7.13. The van der Waals surface area contributed by atoms with Gasteiger partial charge in [-0.3, -0.25) is 0 Å². The molecule has 3 atom stereocenters. The average Bonchev–Trinajstić information content (AvgIpc) is 3.62. The van der Waals surface area contributed by atoms with Crippen LogP contribution in [0.3, 0.4) is 0 Å². The van der Waals surface area contributed by atoms with E-state index in [1.807, 2.05) is 30.3 Å². The van der Waals surface area contributed by atoms with Crippen LogP contribution in [0.5, 0.6) is 0 Å². The number of rotatable bonds is 7. The first kappa shape index (κ1) is 24.0. The van der Waals surface area contributed by atoms with Crippen molar-refractivity contribution in [3.63, 3.8) is 0 Å². The topological polar surface area (TPSA) is 24.9 Å². The van der Waals surface area contributed by atoms with Crippen LogP contribution in [0.4, 0.5) is 5.69 Å². The second-order valence-electron chi connectivity index (χ2n) is 9.93. The summed E-state index contributed by atoms with van der Waals surface area (Å²) in [5, 5.41) is 3.23. The molecule has 5 rings (SSSR count). The maximum Gasteiger partial charge on any atom is 0.131 e. The quantitative estimate of drug-likeness (QED) is 0.400. The lowest BCUT2D eigenvalue weighted by molar-refractivity contribution is -0.100. The van der Waals surface area contributed by atoms with Gasteiger partial charge in [0.25, 0.3) is 0 Å². The summed E-state index contributed by atoms with van der Waals surface area (Å²) in [7, 11) is 1.97. The Morgan fingerprint density at radius 2 is 1.74 bits per heavy atom. The molecule has 2 aliphatic heterocycles. The SMILES string of the molecule is CCC1CN(c2ccc(C)cc2)CCC1OCC1=C(C2CC2)ON(C)C1c1c(Cl)cccc1Cl. The number of benzene rings is 2. The van der Waals surface area contributed by atoms with Crippen molar-refractivity contribution in [2.75, 3.05) is 31.6 Å². The number of hydrogen-bond donors (Lipinski definition) is 0. The van der Waals surface area contributed by atoms with Crippen molar-refractivity contribution in [3.05, 3.63) is 75.0 Å². The van der Waals surface area contributed by atoms with Gasteiger partial charge in [0.05, 0.1) is 12.7 Å². The van der Waals surface area contributed by atoms with Crippen LogP contribution in [-0.4, -0.2) is 37.9 Å². The Morgan fingerprint density at radius 1 is 1.03 bits per heavy atom. The minimum atomic E-state index is -0.121. The van der Waals surface area contributed by atoms with E-state index < -0.39 is 0 Å². The molecule has 0 spiro atoms. The molecule has 1 saturated heterocycles. The van der Waals surface area contributed by atoms with Crippen LogP contribution in [0, 0.1) is 18.8 Å². The number of piperidine rings is 1. The van der Waals surface area contributed by atoms with Crippen molar-refractivity contribution in [3.8, 4) is 0 Å². The fraction of sp³-hybridized carbons (Fsp3) is 0.500. The molecule has 2 aromatic carbocycles. The molecule has 2 aromatic rings. The zero-order chi connectivity index (χ0) is 23.8. The normalized spacial score (nSPS) is 25.7. The second-order valence-corrected chi connectivity index (χ2v) is 10.7.